The summed E-state index contributed by atoms with van der Waals surface area (Å²) in [5.74, 6) is 0. The molecular weight excluding hydrogens is 234 g/mol. The van der Waals surface area contributed by atoms with E-state index in [4.69, 9.17) is 9.47 Å². The lowest BCUT2D eigenvalue weighted by Gasteiger charge is -2.04. The van der Waals surface area contributed by atoms with Gasteiger partial charge >= 0.3 is 0 Å². The Hall–Kier alpha value is -0.450. The van der Waals surface area contributed by atoms with E-state index in [9.17, 15) is 0 Å². The molecule has 0 unspecified atom stereocenters. The van der Waals surface area contributed by atoms with Gasteiger partial charge in [0.2, 0.25) is 0 Å². The Balaban J connectivity index is 2.83. The molecule has 0 radical (unpaired) electrons. The van der Waals surface area contributed by atoms with Crippen LogP contribution in [-0.4, -0.2) is 19.2 Å². The summed E-state index contributed by atoms with van der Waals surface area (Å²) >= 11 is 3.40. The highest BCUT2D eigenvalue weighted by Gasteiger charge is 2.00. The molecule has 0 aliphatic carbocycles. The smallest absolute Gasteiger partial charge is 0.0884 e. The van der Waals surface area contributed by atoms with Crippen LogP contribution in [0, 0.1) is 0 Å². The minimum atomic E-state index is 0.524. The van der Waals surface area contributed by atoms with Crippen LogP contribution in [0.1, 0.15) is 11.4 Å². The minimum absolute atomic E-state index is 0.524. The third kappa shape index (κ3) is 3.42. The van der Waals surface area contributed by atoms with Gasteiger partial charge in [-0.1, -0.05) is 15.9 Å². The molecule has 0 spiro atoms. The van der Waals surface area contributed by atoms with Crippen molar-refractivity contribution in [2.45, 2.75) is 13.2 Å². The number of rotatable bonds is 4. The van der Waals surface area contributed by atoms with Crippen molar-refractivity contribution in [1.29, 1.82) is 0 Å². The number of halogens is 1. The summed E-state index contributed by atoms with van der Waals surface area (Å²) in [6.45, 7) is 1.05. The number of pyridine rings is 1. The van der Waals surface area contributed by atoms with Crippen LogP contribution in [0.3, 0.4) is 0 Å². The van der Waals surface area contributed by atoms with Gasteiger partial charge in [0.05, 0.1) is 24.6 Å². The largest absolute Gasteiger partial charge is 0.378 e. The Morgan fingerprint density at radius 2 is 1.62 bits per heavy atom. The highest BCUT2D eigenvalue weighted by atomic mass is 79.9. The number of ether oxygens (including phenoxy) is 2. The highest BCUT2D eigenvalue weighted by molar-refractivity contribution is 9.10. The van der Waals surface area contributed by atoms with E-state index in [0.717, 1.165) is 15.9 Å². The first-order valence-corrected chi connectivity index (χ1v) is 4.68. The number of methoxy groups -OCH3 is 2. The molecule has 1 aromatic rings. The molecule has 0 amide bonds. The summed E-state index contributed by atoms with van der Waals surface area (Å²) < 4.78 is 11.0. The predicted molar refractivity (Wildman–Crippen MR) is 53.4 cm³/mol. The van der Waals surface area contributed by atoms with Crippen molar-refractivity contribution in [3.8, 4) is 0 Å². The number of nitrogens with zero attached hydrogens (tertiary/aromatic N) is 1. The Morgan fingerprint density at radius 1 is 1.15 bits per heavy atom. The molecule has 0 aliphatic rings. The van der Waals surface area contributed by atoms with E-state index in [1.807, 2.05) is 12.1 Å². The summed E-state index contributed by atoms with van der Waals surface area (Å²) in [5.41, 5.74) is 1.81. The van der Waals surface area contributed by atoms with Crippen molar-refractivity contribution in [3.05, 3.63) is 28.0 Å². The summed E-state index contributed by atoms with van der Waals surface area (Å²) in [6, 6.07) is 3.87. The van der Waals surface area contributed by atoms with E-state index < -0.39 is 0 Å². The first-order chi connectivity index (χ1) is 6.26. The van der Waals surface area contributed by atoms with Crippen LogP contribution in [-0.2, 0) is 22.7 Å². The Morgan fingerprint density at radius 3 is 2.00 bits per heavy atom. The van der Waals surface area contributed by atoms with Gasteiger partial charge in [0, 0.05) is 18.7 Å². The lowest BCUT2D eigenvalue weighted by Crippen LogP contribution is -1.98. The van der Waals surface area contributed by atoms with Crippen LogP contribution in [0.5, 0.6) is 0 Å². The van der Waals surface area contributed by atoms with Crippen molar-refractivity contribution in [2.75, 3.05) is 14.2 Å². The molecule has 0 bridgehead atoms. The van der Waals surface area contributed by atoms with Gasteiger partial charge in [-0.3, -0.25) is 4.98 Å². The van der Waals surface area contributed by atoms with Crippen LogP contribution in [0.4, 0.5) is 0 Å². The molecule has 3 nitrogen and oxygen atoms in total. The zero-order chi connectivity index (χ0) is 9.68. The normalized spacial score (nSPS) is 10.4. The fourth-order valence-corrected chi connectivity index (χ4v) is 1.58. The van der Waals surface area contributed by atoms with Gasteiger partial charge in [-0.25, -0.2) is 0 Å². The summed E-state index contributed by atoms with van der Waals surface area (Å²) in [5, 5.41) is 0. The topological polar surface area (TPSA) is 31.4 Å². The van der Waals surface area contributed by atoms with Crippen LogP contribution in [0.15, 0.2) is 16.6 Å². The summed E-state index contributed by atoms with van der Waals surface area (Å²) in [6.07, 6.45) is 0. The van der Waals surface area contributed by atoms with Crippen molar-refractivity contribution in [3.63, 3.8) is 0 Å². The molecule has 1 heterocycles. The number of hydrogen-bond donors (Lipinski definition) is 0. The molecule has 72 valence electrons. The fraction of sp³-hybridized carbons (Fsp3) is 0.444. The third-order valence-corrected chi connectivity index (χ3v) is 1.94. The van der Waals surface area contributed by atoms with E-state index in [0.29, 0.717) is 13.2 Å². The van der Waals surface area contributed by atoms with E-state index in [1.165, 1.54) is 0 Å². The van der Waals surface area contributed by atoms with E-state index in [1.54, 1.807) is 14.2 Å². The monoisotopic (exact) mass is 245 g/mol. The maximum absolute atomic E-state index is 4.99. The van der Waals surface area contributed by atoms with Gasteiger partial charge in [0.15, 0.2) is 0 Å². The standard InChI is InChI=1S/C9H12BrNO2/c1-12-5-8-3-7(10)4-9(11-8)6-13-2/h3-4H,5-6H2,1-2H3. The molecule has 0 saturated carbocycles. The van der Waals surface area contributed by atoms with Crippen LogP contribution < -0.4 is 0 Å². The van der Waals surface area contributed by atoms with Crippen molar-refractivity contribution in [1.82, 2.24) is 4.98 Å². The quantitative estimate of drug-likeness (QED) is 0.815. The first-order valence-electron chi connectivity index (χ1n) is 3.89. The van der Waals surface area contributed by atoms with Gasteiger partial charge in [-0.15, -0.1) is 0 Å². The Labute approximate surface area is 86.2 Å². The first kappa shape index (κ1) is 10.6. The van der Waals surface area contributed by atoms with Crippen LogP contribution in [0.2, 0.25) is 0 Å². The van der Waals surface area contributed by atoms with E-state index >= 15 is 0 Å². The molecule has 0 N–H and O–H groups in total. The molecule has 0 aliphatic heterocycles. The van der Waals surface area contributed by atoms with Gasteiger partial charge in [0.25, 0.3) is 0 Å². The van der Waals surface area contributed by atoms with Crippen LogP contribution >= 0.6 is 15.9 Å². The molecular formula is C9H12BrNO2. The second-order valence-corrected chi connectivity index (χ2v) is 3.55. The van der Waals surface area contributed by atoms with Crippen LogP contribution in [0.25, 0.3) is 0 Å². The molecule has 1 rings (SSSR count). The molecule has 13 heavy (non-hydrogen) atoms. The number of hydrogen-bond acceptors (Lipinski definition) is 3. The third-order valence-electron chi connectivity index (χ3n) is 1.48. The number of aromatic nitrogens is 1. The second kappa shape index (κ2) is 5.32. The van der Waals surface area contributed by atoms with Crippen molar-refractivity contribution in [2.24, 2.45) is 0 Å². The fourth-order valence-electron chi connectivity index (χ4n) is 1.05. The molecule has 0 aromatic carbocycles. The zero-order valence-corrected chi connectivity index (χ0v) is 9.30. The van der Waals surface area contributed by atoms with E-state index in [-0.39, 0.29) is 0 Å². The molecule has 4 heteroatoms. The second-order valence-electron chi connectivity index (χ2n) is 2.63. The Kier molecular flexibility index (Phi) is 4.35. The van der Waals surface area contributed by atoms with E-state index in [2.05, 4.69) is 20.9 Å². The van der Waals surface area contributed by atoms with Gasteiger partial charge in [0.1, 0.15) is 0 Å². The lowest BCUT2D eigenvalue weighted by molar-refractivity contribution is 0.173. The van der Waals surface area contributed by atoms with Gasteiger partial charge in [-0.2, -0.15) is 0 Å². The van der Waals surface area contributed by atoms with Gasteiger partial charge in [-0.05, 0) is 12.1 Å². The van der Waals surface area contributed by atoms with Gasteiger partial charge < -0.3 is 9.47 Å². The van der Waals surface area contributed by atoms with Crippen molar-refractivity contribution < 1.29 is 9.47 Å². The summed E-state index contributed by atoms with van der Waals surface area (Å²) in [4.78, 5) is 4.33. The maximum atomic E-state index is 4.99. The SMILES string of the molecule is COCc1cc(Br)cc(COC)n1. The Bertz CT molecular complexity index is 254. The average molecular weight is 246 g/mol. The molecule has 1 aromatic heterocycles. The highest BCUT2D eigenvalue weighted by Crippen LogP contribution is 2.13. The minimum Gasteiger partial charge on any atom is -0.378 e. The molecule has 0 atom stereocenters. The lowest BCUT2D eigenvalue weighted by atomic mass is 10.3. The average Bonchev–Trinajstić information content (AvgIpc) is 2.04. The predicted octanol–water partition coefficient (Wildman–Crippen LogP) is 2.14. The molecule has 0 saturated heterocycles. The maximum Gasteiger partial charge on any atom is 0.0884 e. The zero-order valence-electron chi connectivity index (χ0n) is 7.71. The molecule has 0 fully saturated rings. The van der Waals surface area contributed by atoms with Crippen molar-refractivity contribution >= 4 is 15.9 Å². The summed E-state index contributed by atoms with van der Waals surface area (Å²) in [7, 11) is 3.30.